The van der Waals surface area contributed by atoms with Gasteiger partial charge in [0, 0.05) is 28.9 Å². The molecular weight excluding hydrogens is 422 g/mol. The molecule has 0 aliphatic rings. The van der Waals surface area contributed by atoms with Gasteiger partial charge in [0.2, 0.25) is 0 Å². The van der Waals surface area contributed by atoms with Crippen molar-refractivity contribution in [2.45, 2.75) is 19.3 Å². The molecule has 0 atom stereocenters. The third kappa shape index (κ3) is 3.72. The van der Waals surface area contributed by atoms with Gasteiger partial charge in [-0.05, 0) is 61.9 Å². The lowest BCUT2D eigenvalue weighted by molar-refractivity contribution is 0.376. The standard InChI is InChI=1S/C28H21N5O/c1-28(2,18-29)21-9-11-22(12-10-21)33-26-23-15-19(6-7-20-5-4-14-30-16-20)8-13-24(23)31-17-25(26)32-27(33)34-3/h4-5,8-17H,1-3H3. The maximum absolute atomic E-state index is 9.48. The molecule has 0 aliphatic heterocycles. The van der Waals surface area contributed by atoms with E-state index in [1.807, 2.05) is 73.0 Å². The summed E-state index contributed by atoms with van der Waals surface area (Å²) < 4.78 is 7.60. The average molecular weight is 444 g/mol. The van der Waals surface area contributed by atoms with Crippen molar-refractivity contribution in [1.29, 1.82) is 5.26 Å². The molecule has 164 valence electrons. The Bertz CT molecular complexity index is 1620. The molecule has 5 aromatic rings. The summed E-state index contributed by atoms with van der Waals surface area (Å²) in [7, 11) is 1.60. The van der Waals surface area contributed by atoms with Crippen LogP contribution in [0.25, 0.3) is 27.6 Å². The fraction of sp³-hybridized carbons (Fsp3) is 0.143. The van der Waals surface area contributed by atoms with Crippen molar-refractivity contribution in [3.63, 3.8) is 0 Å². The first-order valence-corrected chi connectivity index (χ1v) is 10.8. The minimum atomic E-state index is -0.571. The highest BCUT2D eigenvalue weighted by Gasteiger charge is 2.21. The van der Waals surface area contributed by atoms with E-state index in [0.29, 0.717) is 6.01 Å². The van der Waals surface area contributed by atoms with Gasteiger partial charge in [0.1, 0.15) is 5.52 Å². The van der Waals surface area contributed by atoms with Gasteiger partial charge in [-0.2, -0.15) is 10.2 Å². The summed E-state index contributed by atoms with van der Waals surface area (Å²) in [4.78, 5) is 13.3. The molecule has 2 aromatic carbocycles. The Morgan fingerprint density at radius 1 is 0.941 bits per heavy atom. The van der Waals surface area contributed by atoms with Crippen molar-refractivity contribution in [2.24, 2.45) is 0 Å². The van der Waals surface area contributed by atoms with E-state index in [9.17, 15) is 5.26 Å². The fourth-order valence-electron chi connectivity index (χ4n) is 3.86. The van der Waals surface area contributed by atoms with E-state index in [1.54, 1.807) is 25.7 Å². The molecule has 5 rings (SSSR count). The molecule has 0 saturated carbocycles. The molecule has 3 aromatic heterocycles. The average Bonchev–Trinajstić information content (AvgIpc) is 3.27. The molecule has 0 radical (unpaired) electrons. The maximum Gasteiger partial charge on any atom is 0.301 e. The predicted octanol–water partition coefficient (Wildman–Crippen LogP) is 5.18. The van der Waals surface area contributed by atoms with Crippen LogP contribution < -0.4 is 4.74 Å². The Labute approximate surface area is 197 Å². The number of hydrogen-bond acceptors (Lipinski definition) is 5. The topological polar surface area (TPSA) is 76.6 Å². The number of ether oxygens (including phenoxy) is 1. The number of hydrogen-bond donors (Lipinski definition) is 0. The summed E-state index contributed by atoms with van der Waals surface area (Å²) in [5.74, 6) is 6.37. The lowest BCUT2D eigenvalue weighted by atomic mass is 9.86. The SMILES string of the molecule is COc1nc2cnc3ccc(C#Cc4cccnc4)cc3c2n1-c1ccc(C(C)(C)C#N)cc1. The van der Waals surface area contributed by atoms with Gasteiger partial charge in [-0.3, -0.25) is 14.5 Å². The van der Waals surface area contributed by atoms with E-state index >= 15 is 0 Å². The molecule has 0 fully saturated rings. The summed E-state index contributed by atoms with van der Waals surface area (Å²) in [6.07, 6.45) is 5.22. The second kappa shape index (κ2) is 8.35. The highest BCUT2D eigenvalue weighted by atomic mass is 16.5. The van der Waals surface area contributed by atoms with E-state index in [-0.39, 0.29) is 0 Å². The third-order valence-electron chi connectivity index (χ3n) is 5.77. The van der Waals surface area contributed by atoms with Crippen molar-refractivity contribution in [3.05, 3.63) is 89.9 Å². The first-order chi connectivity index (χ1) is 16.5. The molecule has 0 bridgehead atoms. The normalized spacial score (nSPS) is 11.1. The predicted molar refractivity (Wildman–Crippen MR) is 132 cm³/mol. The zero-order valence-electron chi connectivity index (χ0n) is 19.1. The van der Waals surface area contributed by atoms with Crippen LogP contribution in [0.15, 0.2) is 73.2 Å². The molecule has 0 spiro atoms. The van der Waals surface area contributed by atoms with Gasteiger partial charge in [-0.1, -0.05) is 24.0 Å². The Hall–Kier alpha value is -4.68. The lowest BCUT2D eigenvalue weighted by Gasteiger charge is -2.17. The molecule has 6 nitrogen and oxygen atoms in total. The molecule has 34 heavy (non-hydrogen) atoms. The van der Waals surface area contributed by atoms with Crippen LogP contribution in [-0.4, -0.2) is 26.6 Å². The Morgan fingerprint density at radius 3 is 2.44 bits per heavy atom. The smallest absolute Gasteiger partial charge is 0.301 e. The number of nitrogens with zero attached hydrogens (tertiary/aromatic N) is 5. The summed E-state index contributed by atoms with van der Waals surface area (Å²) >= 11 is 0. The summed E-state index contributed by atoms with van der Waals surface area (Å²) in [5.41, 5.74) is 5.43. The van der Waals surface area contributed by atoms with Gasteiger partial charge in [0.15, 0.2) is 0 Å². The third-order valence-corrected chi connectivity index (χ3v) is 5.77. The molecule has 0 saturated heterocycles. The number of rotatable bonds is 3. The molecular formula is C28H21N5O. The maximum atomic E-state index is 9.48. The Balaban J connectivity index is 1.69. The second-order valence-electron chi connectivity index (χ2n) is 8.43. The van der Waals surface area contributed by atoms with Gasteiger partial charge >= 0.3 is 6.01 Å². The van der Waals surface area contributed by atoms with Crippen molar-refractivity contribution in [3.8, 4) is 29.6 Å². The van der Waals surface area contributed by atoms with Gasteiger partial charge < -0.3 is 4.74 Å². The first-order valence-electron chi connectivity index (χ1n) is 10.8. The highest BCUT2D eigenvalue weighted by molar-refractivity contribution is 6.04. The van der Waals surface area contributed by atoms with Crippen LogP contribution in [0.4, 0.5) is 0 Å². The van der Waals surface area contributed by atoms with Crippen LogP contribution in [-0.2, 0) is 5.41 Å². The van der Waals surface area contributed by atoms with E-state index in [4.69, 9.17) is 4.74 Å². The quantitative estimate of drug-likeness (QED) is 0.359. The van der Waals surface area contributed by atoms with Gasteiger partial charge in [0.05, 0.1) is 41.5 Å². The molecule has 3 heterocycles. The van der Waals surface area contributed by atoms with Crippen molar-refractivity contribution in [1.82, 2.24) is 19.5 Å². The number of methoxy groups -OCH3 is 1. The van der Waals surface area contributed by atoms with Crippen LogP contribution >= 0.6 is 0 Å². The molecule has 0 amide bonds. The summed E-state index contributed by atoms with van der Waals surface area (Å²) in [5, 5.41) is 10.4. The van der Waals surface area contributed by atoms with Crippen LogP contribution in [0.1, 0.15) is 30.5 Å². The Kier molecular flexibility index (Phi) is 5.20. The van der Waals surface area contributed by atoms with Crippen molar-refractivity contribution in [2.75, 3.05) is 7.11 Å². The minimum absolute atomic E-state index is 0.462. The van der Waals surface area contributed by atoms with E-state index in [0.717, 1.165) is 44.3 Å². The number of pyridine rings is 2. The summed E-state index contributed by atoms with van der Waals surface area (Å²) in [6, 6.07) is 20.5. The monoisotopic (exact) mass is 443 g/mol. The van der Waals surface area contributed by atoms with Gasteiger partial charge in [-0.15, -0.1) is 0 Å². The minimum Gasteiger partial charge on any atom is -0.468 e. The zero-order chi connectivity index (χ0) is 23.7. The number of aromatic nitrogens is 4. The van der Waals surface area contributed by atoms with Crippen molar-refractivity contribution >= 4 is 21.9 Å². The number of benzene rings is 2. The Morgan fingerprint density at radius 2 is 1.74 bits per heavy atom. The highest BCUT2D eigenvalue weighted by Crippen LogP contribution is 2.32. The van der Waals surface area contributed by atoms with Crippen LogP contribution in [0.3, 0.4) is 0 Å². The van der Waals surface area contributed by atoms with Crippen LogP contribution in [0.5, 0.6) is 6.01 Å². The number of fused-ring (bicyclic) bond motifs is 3. The molecule has 0 N–H and O–H groups in total. The summed E-state index contributed by atoms with van der Waals surface area (Å²) in [6.45, 7) is 3.81. The molecule has 0 unspecified atom stereocenters. The zero-order valence-corrected chi connectivity index (χ0v) is 19.1. The first kappa shape index (κ1) is 21.2. The number of imidazole rings is 1. The van der Waals surface area contributed by atoms with E-state index in [2.05, 4.69) is 32.9 Å². The molecule has 0 aliphatic carbocycles. The van der Waals surface area contributed by atoms with Crippen LogP contribution in [0, 0.1) is 23.2 Å². The second-order valence-corrected chi connectivity index (χ2v) is 8.43. The molecule has 6 heteroatoms. The van der Waals surface area contributed by atoms with Gasteiger partial charge in [0.25, 0.3) is 0 Å². The largest absolute Gasteiger partial charge is 0.468 e. The van der Waals surface area contributed by atoms with E-state index < -0.39 is 5.41 Å². The fourth-order valence-corrected chi connectivity index (χ4v) is 3.86. The van der Waals surface area contributed by atoms with E-state index in [1.165, 1.54) is 0 Å². The lowest BCUT2D eigenvalue weighted by Crippen LogP contribution is -2.13. The van der Waals surface area contributed by atoms with Crippen molar-refractivity contribution < 1.29 is 4.74 Å². The number of nitriles is 1. The van der Waals surface area contributed by atoms with Crippen LogP contribution in [0.2, 0.25) is 0 Å². The van der Waals surface area contributed by atoms with Gasteiger partial charge in [-0.25, -0.2) is 0 Å².